The number of alkyl halides is 3. The normalized spacial score (nSPS) is 11.7. The van der Waals surface area contributed by atoms with Gasteiger partial charge in [-0.1, -0.05) is 12.1 Å². The minimum atomic E-state index is -4.57. The molecule has 2 aromatic heterocycles. The molecule has 2 aromatic carbocycles. The molecule has 184 valence electrons. The molecule has 36 heavy (non-hydrogen) atoms. The van der Waals surface area contributed by atoms with E-state index in [1.165, 1.54) is 42.1 Å². The van der Waals surface area contributed by atoms with E-state index in [2.05, 4.69) is 20.6 Å². The van der Waals surface area contributed by atoms with Gasteiger partial charge in [0, 0.05) is 22.2 Å². The van der Waals surface area contributed by atoms with E-state index in [0.29, 0.717) is 22.5 Å². The Morgan fingerprint density at radius 2 is 1.61 bits per heavy atom. The number of carbonyl (C=O) groups is 2. The van der Waals surface area contributed by atoms with Crippen LogP contribution in [0.15, 0.2) is 59.8 Å². The molecule has 2 heterocycles. The Kier molecular flexibility index (Phi) is 6.57. The number of hydrogen-bond acceptors (Lipinski definition) is 7. The number of nitrogens with zero attached hydrogens (tertiary/aromatic N) is 4. The van der Waals surface area contributed by atoms with E-state index in [9.17, 15) is 22.8 Å². The third-order valence-electron chi connectivity index (χ3n) is 4.96. The lowest BCUT2D eigenvalue weighted by atomic mass is 10.1. The summed E-state index contributed by atoms with van der Waals surface area (Å²) in [5.41, 5.74) is 3.66. The third-order valence-corrected chi connectivity index (χ3v) is 5.83. The summed E-state index contributed by atoms with van der Waals surface area (Å²) in [5, 5.41) is 26.7. The number of thiazole rings is 1. The monoisotopic (exact) mass is 515 g/mol. The van der Waals surface area contributed by atoms with Gasteiger partial charge in [0.25, 0.3) is 0 Å². The van der Waals surface area contributed by atoms with Crippen molar-refractivity contribution >= 4 is 34.6 Å². The molecule has 0 bridgehead atoms. The molecule has 0 aliphatic carbocycles. The van der Waals surface area contributed by atoms with E-state index in [4.69, 9.17) is 10.2 Å². The number of aromatic carboxylic acids is 2. The van der Waals surface area contributed by atoms with Gasteiger partial charge in [-0.05, 0) is 43.3 Å². The molecular weight excluding hydrogens is 499 g/mol. The smallest absolute Gasteiger partial charge is 0.434 e. The molecular formula is C23H16F3N5O4S. The molecule has 0 aliphatic heterocycles. The fourth-order valence-corrected chi connectivity index (χ4v) is 4.01. The third kappa shape index (κ3) is 5.25. The predicted octanol–water partition coefficient (Wildman–Crippen LogP) is 5.17. The zero-order chi connectivity index (χ0) is 26.0. The number of aromatic nitrogens is 3. The highest BCUT2D eigenvalue weighted by Gasteiger charge is 2.36. The first kappa shape index (κ1) is 24.6. The van der Waals surface area contributed by atoms with E-state index in [-0.39, 0.29) is 21.1 Å². The number of anilines is 1. The van der Waals surface area contributed by atoms with Crippen molar-refractivity contribution in [3.63, 3.8) is 0 Å². The Labute approximate surface area is 205 Å². The zero-order valence-electron chi connectivity index (χ0n) is 18.3. The standard InChI is InChI=1S/C23H16F3N5O4S/c1-12-19(23(24,25)26)28-22(36-12)29-27-10-16-11-31(17-8-6-15(7-9-17)21(34)35)30-18(16)13-2-4-14(5-3-13)20(32)33/h2-11H,1H3,(H,28,29)(H,32,33)(H,34,35)/b27-10+. The largest absolute Gasteiger partial charge is 0.478 e. The molecule has 0 fully saturated rings. The number of rotatable bonds is 7. The second-order valence-corrected chi connectivity index (χ2v) is 8.61. The van der Waals surface area contributed by atoms with Gasteiger partial charge in [-0.15, -0.1) is 11.3 Å². The molecule has 0 saturated heterocycles. The maximum absolute atomic E-state index is 13.0. The van der Waals surface area contributed by atoms with Crippen molar-refractivity contribution in [2.45, 2.75) is 13.1 Å². The maximum atomic E-state index is 13.0. The highest BCUT2D eigenvalue weighted by molar-refractivity contribution is 7.15. The average molecular weight is 515 g/mol. The van der Waals surface area contributed by atoms with E-state index in [0.717, 1.165) is 11.3 Å². The van der Waals surface area contributed by atoms with Gasteiger partial charge in [0.05, 0.1) is 23.0 Å². The van der Waals surface area contributed by atoms with Crippen LogP contribution in [-0.4, -0.2) is 43.1 Å². The topological polar surface area (TPSA) is 130 Å². The molecule has 3 N–H and O–H groups in total. The van der Waals surface area contributed by atoms with Crippen LogP contribution in [0.25, 0.3) is 16.9 Å². The lowest BCUT2D eigenvalue weighted by molar-refractivity contribution is -0.141. The molecule has 0 amide bonds. The lowest BCUT2D eigenvalue weighted by Gasteiger charge is -2.02. The fourth-order valence-electron chi connectivity index (χ4n) is 3.23. The highest BCUT2D eigenvalue weighted by atomic mass is 32.1. The van der Waals surface area contributed by atoms with Crippen molar-refractivity contribution < 1.29 is 33.0 Å². The van der Waals surface area contributed by atoms with Crippen LogP contribution in [0.5, 0.6) is 0 Å². The summed E-state index contributed by atoms with van der Waals surface area (Å²) in [7, 11) is 0. The van der Waals surface area contributed by atoms with Crippen molar-refractivity contribution in [1.29, 1.82) is 0 Å². The Balaban J connectivity index is 1.68. The molecule has 4 rings (SSSR count). The number of carboxylic acid groups (broad SMARTS) is 2. The highest BCUT2D eigenvalue weighted by Crippen LogP contribution is 2.35. The van der Waals surface area contributed by atoms with Crippen LogP contribution < -0.4 is 5.43 Å². The van der Waals surface area contributed by atoms with Crippen LogP contribution in [0.3, 0.4) is 0 Å². The first-order valence-electron chi connectivity index (χ1n) is 10.1. The van der Waals surface area contributed by atoms with Gasteiger partial charge in [0.15, 0.2) is 5.69 Å². The van der Waals surface area contributed by atoms with Gasteiger partial charge < -0.3 is 10.2 Å². The van der Waals surface area contributed by atoms with E-state index >= 15 is 0 Å². The summed E-state index contributed by atoms with van der Waals surface area (Å²) < 4.78 is 40.5. The molecule has 0 spiro atoms. The number of nitrogens with one attached hydrogen (secondary N) is 1. The minimum absolute atomic E-state index is 0.00274. The number of hydrazone groups is 1. The molecule has 4 aromatic rings. The van der Waals surface area contributed by atoms with E-state index in [1.54, 1.807) is 30.5 Å². The molecule has 0 saturated carbocycles. The first-order chi connectivity index (χ1) is 17.0. The second-order valence-electron chi connectivity index (χ2n) is 7.40. The number of aryl methyl sites for hydroxylation is 1. The quantitative estimate of drug-likeness (QED) is 0.229. The summed E-state index contributed by atoms with van der Waals surface area (Å²) in [5.74, 6) is -2.17. The van der Waals surface area contributed by atoms with Crippen LogP contribution in [0, 0.1) is 6.92 Å². The molecule has 13 heteroatoms. The van der Waals surface area contributed by atoms with Crippen molar-refractivity contribution in [2.24, 2.45) is 5.10 Å². The molecule has 0 aliphatic rings. The van der Waals surface area contributed by atoms with Gasteiger partial charge in [0.2, 0.25) is 5.13 Å². The van der Waals surface area contributed by atoms with Crippen LogP contribution in [0.4, 0.5) is 18.3 Å². The molecule has 0 atom stereocenters. The zero-order valence-corrected chi connectivity index (χ0v) is 19.1. The Morgan fingerprint density at radius 1 is 1.03 bits per heavy atom. The fraction of sp³-hybridized carbons (Fsp3) is 0.0870. The summed E-state index contributed by atoms with van der Waals surface area (Å²) >= 11 is 0.807. The minimum Gasteiger partial charge on any atom is -0.478 e. The van der Waals surface area contributed by atoms with Crippen molar-refractivity contribution in [2.75, 3.05) is 5.43 Å². The summed E-state index contributed by atoms with van der Waals surface area (Å²) in [6.07, 6.45) is -1.63. The van der Waals surface area contributed by atoms with E-state index < -0.39 is 23.8 Å². The average Bonchev–Trinajstić information content (AvgIpc) is 3.43. The summed E-state index contributed by atoms with van der Waals surface area (Å²) in [4.78, 5) is 25.8. The number of hydrogen-bond donors (Lipinski definition) is 3. The number of benzene rings is 2. The Morgan fingerprint density at radius 3 is 2.14 bits per heavy atom. The van der Waals surface area contributed by atoms with Gasteiger partial charge >= 0.3 is 18.1 Å². The predicted molar refractivity (Wildman–Crippen MR) is 126 cm³/mol. The van der Waals surface area contributed by atoms with Crippen LogP contribution >= 0.6 is 11.3 Å². The maximum Gasteiger partial charge on any atom is 0.434 e. The van der Waals surface area contributed by atoms with Crippen LogP contribution in [0.2, 0.25) is 0 Å². The first-order valence-corrected chi connectivity index (χ1v) is 11.0. The SMILES string of the molecule is Cc1sc(N/N=C/c2cn(-c3ccc(C(=O)O)cc3)nc2-c2ccc(C(=O)O)cc2)nc1C(F)(F)F. The lowest BCUT2D eigenvalue weighted by Crippen LogP contribution is -2.07. The Bertz CT molecular complexity index is 1460. The van der Waals surface area contributed by atoms with Gasteiger partial charge in [0.1, 0.15) is 5.69 Å². The van der Waals surface area contributed by atoms with Gasteiger partial charge in [-0.2, -0.15) is 23.4 Å². The molecule has 0 radical (unpaired) electrons. The summed E-state index contributed by atoms with van der Waals surface area (Å²) in [6.45, 7) is 1.31. The second kappa shape index (κ2) is 9.62. The van der Waals surface area contributed by atoms with Crippen molar-refractivity contribution in [3.05, 3.63) is 82.0 Å². The molecule has 0 unspecified atom stereocenters. The van der Waals surface area contributed by atoms with E-state index in [1.807, 2.05) is 0 Å². The van der Waals surface area contributed by atoms with Crippen LogP contribution in [-0.2, 0) is 6.18 Å². The van der Waals surface area contributed by atoms with Crippen LogP contribution in [0.1, 0.15) is 36.9 Å². The van der Waals surface area contributed by atoms with Crippen molar-refractivity contribution in [3.8, 4) is 16.9 Å². The number of carboxylic acids is 2. The molecule has 9 nitrogen and oxygen atoms in total. The van der Waals surface area contributed by atoms with Gasteiger partial charge in [-0.25, -0.2) is 19.3 Å². The number of halogens is 3. The summed E-state index contributed by atoms with van der Waals surface area (Å²) in [6, 6.07) is 11.9. The Hall–Kier alpha value is -4.52. The van der Waals surface area contributed by atoms with Gasteiger partial charge in [-0.3, -0.25) is 5.43 Å². The van der Waals surface area contributed by atoms with Crippen molar-refractivity contribution in [1.82, 2.24) is 14.8 Å².